The van der Waals surface area contributed by atoms with E-state index in [9.17, 15) is 0 Å². The first-order valence-corrected chi connectivity index (χ1v) is 5.29. The van der Waals surface area contributed by atoms with Crippen LogP contribution in [0.4, 0.5) is 0 Å². The van der Waals surface area contributed by atoms with Crippen LogP contribution < -0.4 is 0 Å². The average Bonchev–Trinajstić information content (AvgIpc) is 2.51. The van der Waals surface area contributed by atoms with Crippen LogP contribution in [0.15, 0.2) is 29.8 Å². The van der Waals surface area contributed by atoms with E-state index in [0.717, 1.165) is 10.2 Å². The third-order valence-electron chi connectivity index (χ3n) is 1.92. The largest absolute Gasteiger partial charge is 0.361 e. The first kappa shape index (κ1) is 8.66. The summed E-state index contributed by atoms with van der Waals surface area (Å²) in [5, 5.41) is 2.09. The van der Waals surface area contributed by atoms with Gasteiger partial charge in [0.05, 0.1) is 0 Å². The third kappa shape index (κ3) is 1.71. The van der Waals surface area contributed by atoms with Crippen molar-refractivity contribution in [2.24, 2.45) is 0 Å². The van der Waals surface area contributed by atoms with Gasteiger partial charge in [0.1, 0.15) is 0 Å². The molecule has 0 aromatic carbocycles. The van der Waals surface area contributed by atoms with Crippen molar-refractivity contribution < 1.29 is 0 Å². The van der Waals surface area contributed by atoms with Gasteiger partial charge < -0.3 is 4.98 Å². The highest BCUT2D eigenvalue weighted by atomic mass is 32.1. The van der Waals surface area contributed by atoms with E-state index in [-0.39, 0.29) is 0 Å². The van der Waals surface area contributed by atoms with Crippen LogP contribution in [0.5, 0.6) is 0 Å². The van der Waals surface area contributed by atoms with Crippen LogP contribution in [0.25, 0.3) is 11.3 Å². The summed E-state index contributed by atoms with van der Waals surface area (Å²) in [5.74, 6) is 0. The molecule has 0 aliphatic carbocycles. The smallest absolute Gasteiger partial charge is 0.0478 e. The predicted molar refractivity (Wildman–Crippen MR) is 59.7 cm³/mol. The van der Waals surface area contributed by atoms with E-state index in [4.69, 9.17) is 12.2 Å². The Morgan fingerprint density at radius 2 is 2.23 bits per heavy atom. The van der Waals surface area contributed by atoms with Crippen LogP contribution in [-0.4, -0.2) is 4.98 Å². The number of aryl methyl sites for hydroxylation is 1. The van der Waals surface area contributed by atoms with Crippen molar-refractivity contribution in [3.05, 3.63) is 39.2 Å². The molecule has 0 fully saturated rings. The molecule has 0 bridgehead atoms. The molecule has 2 aromatic rings. The maximum atomic E-state index is 5.10. The molecule has 0 saturated carbocycles. The first-order chi connectivity index (χ1) is 6.27. The average molecular weight is 207 g/mol. The Bertz CT molecular complexity index is 468. The third-order valence-corrected chi connectivity index (χ3v) is 3.02. The number of pyridine rings is 1. The van der Waals surface area contributed by atoms with Gasteiger partial charge in [-0.2, -0.15) is 0 Å². The fraction of sp³-hybridized carbons (Fsp3) is 0.100. The monoisotopic (exact) mass is 207 g/mol. The van der Waals surface area contributed by atoms with Gasteiger partial charge in [0.25, 0.3) is 0 Å². The zero-order chi connectivity index (χ0) is 9.26. The van der Waals surface area contributed by atoms with Crippen molar-refractivity contribution in [3.8, 4) is 11.3 Å². The van der Waals surface area contributed by atoms with Crippen molar-refractivity contribution >= 4 is 23.6 Å². The number of thiophene rings is 1. The molecule has 0 atom stereocenters. The summed E-state index contributed by atoms with van der Waals surface area (Å²) in [5.41, 5.74) is 2.35. The minimum atomic E-state index is 0.874. The van der Waals surface area contributed by atoms with Crippen LogP contribution in [-0.2, 0) is 0 Å². The quantitative estimate of drug-likeness (QED) is 0.704. The fourth-order valence-corrected chi connectivity index (χ4v) is 2.16. The Morgan fingerprint density at radius 1 is 1.38 bits per heavy atom. The molecule has 0 aliphatic rings. The lowest BCUT2D eigenvalue weighted by atomic mass is 10.2. The Balaban J connectivity index is 2.59. The Hall–Kier alpha value is -0.930. The van der Waals surface area contributed by atoms with Crippen molar-refractivity contribution in [2.75, 3.05) is 0 Å². The van der Waals surface area contributed by atoms with Crippen molar-refractivity contribution in [3.63, 3.8) is 0 Å². The normalized spacial score (nSPS) is 10.2. The number of hydrogen-bond donors (Lipinski definition) is 1. The van der Waals surface area contributed by atoms with Gasteiger partial charge in [-0.25, -0.2) is 0 Å². The zero-order valence-electron chi connectivity index (χ0n) is 7.20. The zero-order valence-corrected chi connectivity index (χ0v) is 8.84. The Morgan fingerprint density at radius 3 is 2.85 bits per heavy atom. The number of aromatic amines is 1. The van der Waals surface area contributed by atoms with E-state index in [2.05, 4.69) is 23.4 Å². The van der Waals surface area contributed by atoms with Crippen LogP contribution in [0, 0.1) is 11.4 Å². The predicted octanol–water partition coefficient (Wildman–Crippen LogP) is 3.78. The summed E-state index contributed by atoms with van der Waals surface area (Å²) in [6, 6.07) is 5.99. The highest BCUT2D eigenvalue weighted by Crippen LogP contribution is 2.25. The van der Waals surface area contributed by atoms with Gasteiger partial charge in [0.2, 0.25) is 0 Å². The van der Waals surface area contributed by atoms with E-state index in [1.54, 1.807) is 11.3 Å². The second kappa shape index (κ2) is 3.44. The molecule has 3 heteroatoms. The molecular weight excluding hydrogens is 198 g/mol. The number of rotatable bonds is 1. The SMILES string of the molecule is Cc1sccc1-c1cc(=S)cc[nH]1. The lowest BCUT2D eigenvalue weighted by Gasteiger charge is -1.99. The molecule has 2 aromatic heterocycles. The summed E-state index contributed by atoms with van der Waals surface area (Å²) in [7, 11) is 0. The molecule has 2 heterocycles. The molecule has 0 saturated heterocycles. The summed E-state index contributed by atoms with van der Waals surface area (Å²) in [6.07, 6.45) is 1.88. The number of hydrogen-bond acceptors (Lipinski definition) is 2. The lowest BCUT2D eigenvalue weighted by molar-refractivity contribution is 1.32. The minimum Gasteiger partial charge on any atom is -0.361 e. The molecule has 66 valence electrons. The maximum Gasteiger partial charge on any atom is 0.0478 e. The van der Waals surface area contributed by atoms with Gasteiger partial charge in [0.15, 0.2) is 0 Å². The van der Waals surface area contributed by atoms with Crippen molar-refractivity contribution in [1.82, 2.24) is 4.98 Å². The van der Waals surface area contributed by atoms with Crippen LogP contribution >= 0.6 is 23.6 Å². The van der Waals surface area contributed by atoms with E-state index < -0.39 is 0 Å². The van der Waals surface area contributed by atoms with E-state index >= 15 is 0 Å². The van der Waals surface area contributed by atoms with Gasteiger partial charge in [-0.15, -0.1) is 11.3 Å². The molecule has 0 aliphatic heterocycles. The molecule has 0 unspecified atom stereocenters. The maximum absolute atomic E-state index is 5.10. The number of nitrogens with one attached hydrogen (secondary N) is 1. The molecule has 0 amide bonds. The van der Waals surface area contributed by atoms with Crippen LogP contribution in [0.3, 0.4) is 0 Å². The van der Waals surface area contributed by atoms with Gasteiger partial charge >= 0.3 is 0 Å². The highest BCUT2D eigenvalue weighted by molar-refractivity contribution is 7.71. The number of H-pyrrole nitrogens is 1. The fourth-order valence-electron chi connectivity index (χ4n) is 1.27. The van der Waals surface area contributed by atoms with Gasteiger partial charge in [0, 0.05) is 26.8 Å². The molecule has 1 nitrogen and oxygen atoms in total. The van der Waals surface area contributed by atoms with E-state index in [0.29, 0.717) is 0 Å². The van der Waals surface area contributed by atoms with E-state index in [1.807, 2.05) is 18.3 Å². The topological polar surface area (TPSA) is 15.8 Å². The summed E-state index contributed by atoms with van der Waals surface area (Å²) in [4.78, 5) is 4.51. The molecule has 2 rings (SSSR count). The minimum absolute atomic E-state index is 0.874. The van der Waals surface area contributed by atoms with Crippen molar-refractivity contribution in [1.29, 1.82) is 0 Å². The van der Waals surface area contributed by atoms with Gasteiger partial charge in [-0.1, -0.05) is 12.2 Å². The molecular formula is C10H9NS2. The molecule has 1 N–H and O–H groups in total. The van der Waals surface area contributed by atoms with Gasteiger partial charge in [-0.3, -0.25) is 0 Å². The Kier molecular flexibility index (Phi) is 2.29. The molecule has 0 spiro atoms. The Labute approximate surface area is 86.1 Å². The highest BCUT2D eigenvalue weighted by Gasteiger charge is 2.01. The second-order valence-corrected chi connectivity index (χ2v) is 4.42. The second-order valence-electron chi connectivity index (χ2n) is 2.83. The summed E-state index contributed by atoms with van der Waals surface area (Å²) in [6.45, 7) is 2.11. The first-order valence-electron chi connectivity index (χ1n) is 4.00. The molecule has 13 heavy (non-hydrogen) atoms. The lowest BCUT2D eigenvalue weighted by Crippen LogP contribution is -1.81. The standard InChI is InChI=1S/C10H9NS2/c1-7-9(3-5-13-7)10-6-8(12)2-4-11-10/h2-6H,1H3,(H,11,12). The summed E-state index contributed by atoms with van der Waals surface area (Å²) >= 11 is 6.85. The molecule has 0 radical (unpaired) electrons. The van der Waals surface area contributed by atoms with E-state index in [1.165, 1.54) is 10.4 Å². The number of aromatic nitrogens is 1. The van der Waals surface area contributed by atoms with Crippen molar-refractivity contribution in [2.45, 2.75) is 6.92 Å². The van der Waals surface area contributed by atoms with Crippen LogP contribution in [0.2, 0.25) is 0 Å². The summed E-state index contributed by atoms with van der Waals surface area (Å²) < 4.78 is 0.874. The van der Waals surface area contributed by atoms with Gasteiger partial charge in [-0.05, 0) is 30.5 Å². The van der Waals surface area contributed by atoms with Crippen LogP contribution in [0.1, 0.15) is 4.88 Å².